The van der Waals surface area contributed by atoms with E-state index in [-0.39, 0.29) is 11.8 Å². The fraction of sp³-hybridized carbons (Fsp3) is 0.226. The maximum atomic E-state index is 12.6. The molecule has 0 fully saturated rings. The highest BCUT2D eigenvalue weighted by Crippen LogP contribution is 2.24. The summed E-state index contributed by atoms with van der Waals surface area (Å²) in [5.74, 6) is 0.399. The minimum absolute atomic E-state index is 0.264. The van der Waals surface area contributed by atoms with Crippen LogP contribution in [0.5, 0.6) is 0 Å². The standard InChI is InChI=1S/C31H34N2O2/c1-21(2)26-13-7-24(8-14-26)11-18-30(34)32-28-17-6-23(5)20-29(28)33-31(35)19-12-25-9-15-27(16-10-25)22(3)4/h6-22H,1-5H3,(H,32,34)(H,33,35). The summed E-state index contributed by atoms with van der Waals surface area (Å²) in [7, 11) is 0. The first-order valence-corrected chi connectivity index (χ1v) is 12.0. The molecule has 4 heteroatoms. The van der Waals surface area contributed by atoms with Crippen molar-refractivity contribution in [3.63, 3.8) is 0 Å². The molecule has 0 spiro atoms. The zero-order valence-corrected chi connectivity index (χ0v) is 21.1. The van der Waals surface area contributed by atoms with Crippen LogP contribution >= 0.6 is 0 Å². The molecule has 0 radical (unpaired) electrons. The molecule has 0 aliphatic carbocycles. The third kappa shape index (κ3) is 7.82. The van der Waals surface area contributed by atoms with Crippen LogP contribution in [0.15, 0.2) is 78.9 Å². The Morgan fingerprint density at radius 2 is 1.06 bits per heavy atom. The van der Waals surface area contributed by atoms with Crippen LogP contribution in [-0.4, -0.2) is 11.8 Å². The van der Waals surface area contributed by atoms with Crippen molar-refractivity contribution < 1.29 is 9.59 Å². The summed E-state index contributed by atoms with van der Waals surface area (Å²) >= 11 is 0. The summed E-state index contributed by atoms with van der Waals surface area (Å²) < 4.78 is 0. The van der Waals surface area contributed by atoms with Crippen LogP contribution in [-0.2, 0) is 9.59 Å². The fourth-order valence-electron chi connectivity index (χ4n) is 3.55. The molecule has 4 nitrogen and oxygen atoms in total. The number of carbonyl (C=O) groups is 2. The number of hydrogen-bond donors (Lipinski definition) is 2. The van der Waals surface area contributed by atoms with E-state index in [4.69, 9.17) is 0 Å². The van der Waals surface area contributed by atoms with Gasteiger partial charge in [-0.25, -0.2) is 0 Å². The third-order valence-corrected chi connectivity index (χ3v) is 5.75. The van der Waals surface area contributed by atoms with Gasteiger partial charge >= 0.3 is 0 Å². The Balaban J connectivity index is 1.65. The smallest absolute Gasteiger partial charge is 0.248 e. The SMILES string of the molecule is Cc1ccc(NC(=O)C=Cc2ccc(C(C)C)cc2)c(NC(=O)C=Cc2ccc(C(C)C)cc2)c1. The molecule has 0 aliphatic heterocycles. The van der Waals surface area contributed by atoms with E-state index in [1.54, 1.807) is 18.2 Å². The van der Waals surface area contributed by atoms with E-state index < -0.39 is 0 Å². The second-order valence-electron chi connectivity index (χ2n) is 9.34. The van der Waals surface area contributed by atoms with Crippen molar-refractivity contribution in [1.29, 1.82) is 0 Å². The van der Waals surface area contributed by atoms with Gasteiger partial charge in [-0.15, -0.1) is 0 Å². The van der Waals surface area contributed by atoms with E-state index in [2.05, 4.69) is 62.6 Å². The van der Waals surface area contributed by atoms with Gasteiger partial charge < -0.3 is 10.6 Å². The maximum absolute atomic E-state index is 12.6. The number of carbonyl (C=O) groups excluding carboxylic acids is 2. The lowest BCUT2D eigenvalue weighted by molar-refractivity contribution is -0.112. The van der Waals surface area contributed by atoms with Crippen molar-refractivity contribution in [2.24, 2.45) is 0 Å². The molecule has 0 aromatic heterocycles. The van der Waals surface area contributed by atoms with Crippen molar-refractivity contribution in [3.8, 4) is 0 Å². The molecule has 3 rings (SSSR count). The number of amides is 2. The first kappa shape index (κ1) is 25.7. The summed E-state index contributed by atoms with van der Waals surface area (Å²) in [4.78, 5) is 25.1. The van der Waals surface area contributed by atoms with Crippen molar-refractivity contribution in [3.05, 3.63) is 107 Å². The molecule has 3 aromatic carbocycles. The first-order chi connectivity index (χ1) is 16.7. The van der Waals surface area contributed by atoms with Gasteiger partial charge in [-0.3, -0.25) is 9.59 Å². The molecule has 0 bridgehead atoms. The molecule has 3 aromatic rings. The van der Waals surface area contributed by atoms with Gasteiger partial charge in [0.15, 0.2) is 0 Å². The molecule has 0 atom stereocenters. The van der Waals surface area contributed by atoms with Gasteiger partial charge in [0.25, 0.3) is 0 Å². The molecule has 0 saturated carbocycles. The number of benzene rings is 3. The van der Waals surface area contributed by atoms with E-state index in [1.807, 2.05) is 43.3 Å². The van der Waals surface area contributed by atoms with Crippen LogP contribution in [0.25, 0.3) is 12.2 Å². The van der Waals surface area contributed by atoms with E-state index in [0.717, 1.165) is 16.7 Å². The second kappa shape index (κ2) is 12.0. The molecule has 2 N–H and O–H groups in total. The summed E-state index contributed by atoms with van der Waals surface area (Å²) in [6.45, 7) is 10.5. The minimum Gasteiger partial charge on any atom is -0.321 e. The number of nitrogens with one attached hydrogen (secondary N) is 2. The average molecular weight is 467 g/mol. The van der Waals surface area contributed by atoms with Crippen LogP contribution in [0, 0.1) is 6.92 Å². The fourth-order valence-corrected chi connectivity index (χ4v) is 3.55. The minimum atomic E-state index is -0.266. The van der Waals surface area contributed by atoms with Crippen molar-refractivity contribution in [2.45, 2.75) is 46.5 Å². The van der Waals surface area contributed by atoms with Crippen molar-refractivity contribution in [2.75, 3.05) is 10.6 Å². The topological polar surface area (TPSA) is 58.2 Å². The predicted octanol–water partition coefficient (Wildman–Crippen LogP) is 7.55. The Bertz CT molecular complexity index is 1220. The predicted molar refractivity (Wildman–Crippen MR) is 148 cm³/mol. The van der Waals surface area contributed by atoms with Gasteiger partial charge in [0.1, 0.15) is 0 Å². The van der Waals surface area contributed by atoms with Crippen LogP contribution in [0.4, 0.5) is 11.4 Å². The Morgan fingerprint density at radius 3 is 1.49 bits per heavy atom. The second-order valence-corrected chi connectivity index (χ2v) is 9.34. The summed E-state index contributed by atoms with van der Waals surface area (Å²) in [5, 5.41) is 5.75. The highest BCUT2D eigenvalue weighted by molar-refractivity contribution is 6.08. The maximum Gasteiger partial charge on any atom is 0.248 e. The first-order valence-electron chi connectivity index (χ1n) is 12.0. The van der Waals surface area contributed by atoms with E-state index in [9.17, 15) is 9.59 Å². The van der Waals surface area contributed by atoms with E-state index >= 15 is 0 Å². The number of aryl methyl sites for hydroxylation is 1. The zero-order chi connectivity index (χ0) is 25.4. The lowest BCUT2D eigenvalue weighted by Gasteiger charge is -2.11. The molecular weight excluding hydrogens is 432 g/mol. The molecule has 35 heavy (non-hydrogen) atoms. The highest BCUT2D eigenvalue weighted by atomic mass is 16.2. The van der Waals surface area contributed by atoms with Gasteiger partial charge in [-0.2, -0.15) is 0 Å². The number of hydrogen-bond acceptors (Lipinski definition) is 2. The molecule has 0 saturated heterocycles. The van der Waals surface area contributed by atoms with Gasteiger partial charge in [0, 0.05) is 12.2 Å². The zero-order valence-electron chi connectivity index (χ0n) is 21.1. The van der Waals surface area contributed by atoms with Crippen molar-refractivity contribution >= 4 is 35.3 Å². The van der Waals surface area contributed by atoms with E-state index in [1.165, 1.54) is 23.3 Å². The van der Waals surface area contributed by atoms with Gasteiger partial charge in [0.2, 0.25) is 11.8 Å². The van der Waals surface area contributed by atoms with Gasteiger partial charge in [-0.1, -0.05) is 82.3 Å². The van der Waals surface area contributed by atoms with Crippen molar-refractivity contribution in [1.82, 2.24) is 0 Å². The molecule has 2 amide bonds. The lowest BCUT2D eigenvalue weighted by Crippen LogP contribution is -2.14. The normalized spacial score (nSPS) is 11.5. The van der Waals surface area contributed by atoms with E-state index in [0.29, 0.717) is 23.2 Å². The Labute approximate surface area is 208 Å². The summed E-state index contributed by atoms with van der Waals surface area (Å²) in [6, 6.07) is 21.8. The highest BCUT2D eigenvalue weighted by Gasteiger charge is 2.08. The monoisotopic (exact) mass is 466 g/mol. The summed E-state index contributed by atoms with van der Waals surface area (Å²) in [6.07, 6.45) is 6.55. The molecule has 180 valence electrons. The molecule has 0 aliphatic rings. The quantitative estimate of drug-likeness (QED) is 0.337. The summed E-state index contributed by atoms with van der Waals surface area (Å²) in [5.41, 5.74) is 6.50. The van der Waals surface area contributed by atoms with Crippen LogP contribution in [0.2, 0.25) is 0 Å². The van der Waals surface area contributed by atoms with Gasteiger partial charge in [0.05, 0.1) is 11.4 Å². The largest absolute Gasteiger partial charge is 0.321 e. The number of anilines is 2. The van der Waals surface area contributed by atoms with Crippen LogP contribution in [0.1, 0.15) is 67.3 Å². The molecule has 0 unspecified atom stereocenters. The molecule has 0 heterocycles. The average Bonchev–Trinajstić information content (AvgIpc) is 2.83. The number of rotatable bonds is 8. The van der Waals surface area contributed by atoms with Gasteiger partial charge in [-0.05, 0) is 70.9 Å². The Morgan fingerprint density at radius 1 is 0.629 bits per heavy atom. The van der Waals surface area contributed by atoms with Crippen LogP contribution < -0.4 is 10.6 Å². The Kier molecular flexibility index (Phi) is 8.80. The molecular formula is C31H34N2O2. The third-order valence-electron chi connectivity index (χ3n) is 5.75. The lowest BCUT2D eigenvalue weighted by atomic mass is 10.0. The Hall–Kier alpha value is -3.92. The van der Waals surface area contributed by atoms with Crippen LogP contribution in [0.3, 0.4) is 0 Å².